The lowest BCUT2D eigenvalue weighted by Gasteiger charge is -2.35. The first-order valence-corrected chi connectivity index (χ1v) is 8.54. The number of hydrogen-bond donors (Lipinski definition) is 2. The van der Waals surface area contributed by atoms with Crippen LogP contribution in [0.15, 0.2) is 0 Å². The van der Waals surface area contributed by atoms with Crippen molar-refractivity contribution in [3.63, 3.8) is 0 Å². The van der Waals surface area contributed by atoms with Gasteiger partial charge in [-0.3, -0.25) is 9.69 Å². The van der Waals surface area contributed by atoms with Crippen molar-refractivity contribution in [3.8, 4) is 0 Å². The number of nitrogens with zero attached hydrogens (tertiary/aromatic N) is 1. The van der Waals surface area contributed by atoms with Gasteiger partial charge in [-0.05, 0) is 52.6 Å². The van der Waals surface area contributed by atoms with Crippen LogP contribution in [-0.4, -0.2) is 61.8 Å². The quantitative estimate of drug-likeness (QED) is 0.702. The summed E-state index contributed by atoms with van der Waals surface area (Å²) < 4.78 is 5.74. The van der Waals surface area contributed by atoms with Gasteiger partial charge >= 0.3 is 0 Å². The second-order valence-corrected chi connectivity index (χ2v) is 6.52. The molecular formula is C16H33Cl2N3O2. The van der Waals surface area contributed by atoms with Crippen LogP contribution in [0.25, 0.3) is 0 Å². The summed E-state index contributed by atoms with van der Waals surface area (Å²) in [5.74, 6) is 0.184. The van der Waals surface area contributed by atoms with Crippen LogP contribution in [0.4, 0.5) is 0 Å². The Morgan fingerprint density at radius 2 is 1.87 bits per heavy atom. The molecule has 2 aliphatic heterocycles. The monoisotopic (exact) mass is 369 g/mol. The smallest absolute Gasteiger partial charge is 0.237 e. The molecule has 5 nitrogen and oxygen atoms in total. The Labute approximate surface area is 153 Å². The molecule has 0 spiro atoms. The molecule has 2 N–H and O–H groups in total. The highest BCUT2D eigenvalue weighted by Gasteiger charge is 2.22. The Bertz CT molecular complexity index is 318. The molecule has 2 saturated heterocycles. The Hall–Kier alpha value is -0.0700. The summed E-state index contributed by atoms with van der Waals surface area (Å²) in [6.07, 6.45) is 6.21. The van der Waals surface area contributed by atoms with Gasteiger partial charge in [0.1, 0.15) is 0 Å². The number of rotatable bonds is 6. The van der Waals surface area contributed by atoms with Crippen molar-refractivity contribution in [2.45, 2.75) is 64.2 Å². The molecule has 138 valence electrons. The predicted octanol–water partition coefficient (Wildman–Crippen LogP) is 1.98. The molecule has 2 unspecified atom stereocenters. The minimum atomic E-state index is 0. The van der Waals surface area contributed by atoms with E-state index in [1.54, 1.807) is 0 Å². The third-order valence-electron chi connectivity index (χ3n) is 4.32. The number of unbranched alkanes of at least 4 members (excludes halogenated alkanes) is 1. The van der Waals surface area contributed by atoms with E-state index in [-0.39, 0.29) is 36.8 Å². The Morgan fingerprint density at radius 1 is 1.17 bits per heavy atom. The normalized spacial score (nSPS) is 28.3. The number of morpholine rings is 1. The molecule has 1 amide bonds. The third kappa shape index (κ3) is 8.54. The molecule has 2 heterocycles. The van der Waals surface area contributed by atoms with Gasteiger partial charge in [-0.1, -0.05) is 6.42 Å². The lowest BCUT2D eigenvalue weighted by Crippen LogP contribution is -2.47. The largest absolute Gasteiger partial charge is 0.373 e. The Kier molecular flexibility index (Phi) is 12.3. The summed E-state index contributed by atoms with van der Waals surface area (Å²) in [5.41, 5.74) is 0. The van der Waals surface area contributed by atoms with Crippen molar-refractivity contribution in [2.75, 3.05) is 32.7 Å². The average Bonchev–Trinajstić information content (AvgIpc) is 2.46. The molecule has 0 radical (unpaired) electrons. The first-order valence-electron chi connectivity index (χ1n) is 8.54. The maximum atomic E-state index is 11.9. The van der Waals surface area contributed by atoms with E-state index in [9.17, 15) is 4.79 Å². The first kappa shape index (κ1) is 22.9. The molecule has 0 bridgehead atoms. The Morgan fingerprint density at radius 3 is 2.48 bits per heavy atom. The molecule has 2 rings (SSSR count). The first-order chi connectivity index (χ1) is 10.1. The van der Waals surface area contributed by atoms with Crippen LogP contribution in [0.1, 0.15) is 46.0 Å². The highest BCUT2D eigenvalue weighted by atomic mass is 35.5. The standard InChI is InChI=1S/C16H31N3O2.2ClH/c1-13-11-19(12-14(2)21-13)10-6-5-9-18-16(20)15-7-3-4-8-17-15;;/h13-15,17H,3-12H2,1-2H3,(H,18,20);2*1H/t13?,14?,15-;;/m1../s1. The minimum absolute atomic E-state index is 0. The van der Waals surface area contributed by atoms with Gasteiger partial charge in [-0.2, -0.15) is 0 Å². The fourth-order valence-corrected chi connectivity index (χ4v) is 3.34. The van der Waals surface area contributed by atoms with E-state index in [0.29, 0.717) is 12.2 Å². The van der Waals surface area contributed by atoms with Crippen molar-refractivity contribution < 1.29 is 9.53 Å². The van der Waals surface area contributed by atoms with Crippen LogP contribution in [-0.2, 0) is 9.53 Å². The molecule has 0 aromatic carbocycles. The van der Waals surface area contributed by atoms with Gasteiger partial charge in [0.2, 0.25) is 5.91 Å². The fourth-order valence-electron chi connectivity index (χ4n) is 3.34. The van der Waals surface area contributed by atoms with E-state index in [1.165, 1.54) is 12.8 Å². The zero-order valence-corrected chi connectivity index (χ0v) is 16.0. The summed E-state index contributed by atoms with van der Waals surface area (Å²) >= 11 is 0. The fraction of sp³-hybridized carbons (Fsp3) is 0.938. The predicted molar refractivity (Wildman–Crippen MR) is 98.8 cm³/mol. The van der Waals surface area contributed by atoms with Crippen LogP contribution in [0.2, 0.25) is 0 Å². The van der Waals surface area contributed by atoms with Gasteiger partial charge in [0.05, 0.1) is 18.2 Å². The summed E-state index contributed by atoms with van der Waals surface area (Å²) in [6.45, 7) is 9.22. The average molecular weight is 370 g/mol. The zero-order chi connectivity index (χ0) is 15.1. The highest BCUT2D eigenvalue weighted by molar-refractivity contribution is 5.85. The van der Waals surface area contributed by atoms with Gasteiger partial charge in [-0.15, -0.1) is 24.8 Å². The number of halogens is 2. The van der Waals surface area contributed by atoms with Gasteiger partial charge < -0.3 is 15.4 Å². The number of piperidine rings is 1. The van der Waals surface area contributed by atoms with Crippen LogP contribution in [0.5, 0.6) is 0 Å². The number of carbonyl (C=O) groups excluding carboxylic acids is 1. The number of hydrogen-bond acceptors (Lipinski definition) is 4. The lowest BCUT2D eigenvalue weighted by atomic mass is 10.0. The van der Waals surface area contributed by atoms with Crippen molar-refractivity contribution in [2.24, 2.45) is 0 Å². The molecule has 0 aliphatic carbocycles. The van der Waals surface area contributed by atoms with Gasteiger partial charge in [0.25, 0.3) is 0 Å². The maximum Gasteiger partial charge on any atom is 0.237 e. The van der Waals surface area contributed by atoms with E-state index >= 15 is 0 Å². The number of amides is 1. The molecule has 2 aliphatic rings. The molecule has 7 heteroatoms. The summed E-state index contributed by atoms with van der Waals surface area (Å²) in [4.78, 5) is 14.4. The van der Waals surface area contributed by atoms with Crippen LogP contribution >= 0.6 is 24.8 Å². The van der Waals surface area contributed by atoms with Gasteiger partial charge in [0.15, 0.2) is 0 Å². The van der Waals surface area contributed by atoms with Crippen molar-refractivity contribution >= 4 is 30.7 Å². The number of nitrogens with one attached hydrogen (secondary N) is 2. The molecule has 0 saturated carbocycles. The second-order valence-electron chi connectivity index (χ2n) is 6.52. The zero-order valence-electron chi connectivity index (χ0n) is 14.4. The van der Waals surface area contributed by atoms with E-state index in [1.807, 2.05) is 0 Å². The summed E-state index contributed by atoms with van der Waals surface area (Å²) in [7, 11) is 0. The Balaban J connectivity index is 0.00000242. The minimum Gasteiger partial charge on any atom is -0.373 e. The summed E-state index contributed by atoms with van der Waals surface area (Å²) in [6, 6.07) is 0.0414. The highest BCUT2D eigenvalue weighted by Crippen LogP contribution is 2.11. The van der Waals surface area contributed by atoms with Gasteiger partial charge in [-0.25, -0.2) is 0 Å². The second kappa shape index (κ2) is 12.3. The molecule has 23 heavy (non-hydrogen) atoms. The van der Waals surface area contributed by atoms with Gasteiger partial charge in [0, 0.05) is 19.6 Å². The van der Waals surface area contributed by atoms with E-state index in [0.717, 1.165) is 52.0 Å². The van der Waals surface area contributed by atoms with Crippen LogP contribution < -0.4 is 10.6 Å². The molecule has 3 atom stereocenters. The molecule has 2 fully saturated rings. The molecule has 0 aromatic heterocycles. The maximum absolute atomic E-state index is 11.9. The number of ether oxygens (including phenoxy) is 1. The summed E-state index contributed by atoms with van der Waals surface area (Å²) in [5, 5.41) is 6.35. The SMILES string of the molecule is CC1CN(CCCCNC(=O)[C@H]2CCCCN2)CC(C)O1.Cl.Cl. The molecule has 0 aromatic rings. The van der Waals surface area contributed by atoms with Crippen molar-refractivity contribution in [1.29, 1.82) is 0 Å². The van der Waals surface area contributed by atoms with Crippen molar-refractivity contribution in [3.05, 3.63) is 0 Å². The van der Waals surface area contributed by atoms with E-state index in [4.69, 9.17) is 4.74 Å². The van der Waals surface area contributed by atoms with Crippen LogP contribution in [0, 0.1) is 0 Å². The van der Waals surface area contributed by atoms with E-state index in [2.05, 4.69) is 29.4 Å². The van der Waals surface area contributed by atoms with Crippen LogP contribution in [0.3, 0.4) is 0 Å². The van der Waals surface area contributed by atoms with E-state index < -0.39 is 0 Å². The molecular weight excluding hydrogens is 337 g/mol. The van der Waals surface area contributed by atoms with Crippen molar-refractivity contribution in [1.82, 2.24) is 15.5 Å². The number of carbonyl (C=O) groups is 1. The topological polar surface area (TPSA) is 53.6 Å². The third-order valence-corrected chi connectivity index (χ3v) is 4.32. The lowest BCUT2D eigenvalue weighted by molar-refractivity contribution is -0.123.